The summed E-state index contributed by atoms with van der Waals surface area (Å²) in [6.45, 7) is 1.42. The molecule has 0 aliphatic heterocycles. The van der Waals surface area contributed by atoms with Crippen molar-refractivity contribution in [3.05, 3.63) is 11.1 Å². The Kier molecular flexibility index (Phi) is 3.39. The van der Waals surface area contributed by atoms with Crippen molar-refractivity contribution >= 4 is 39.8 Å². The van der Waals surface area contributed by atoms with Crippen LogP contribution in [0.1, 0.15) is 17.4 Å². The Balaban J connectivity index is 2.69. The van der Waals surface area contributed by atoms with E-state index in [-0.39, 0.29) is 17.6 Å². The van der Waals surface area contributed by atoms with Gasteiger partial charge in [-0.15, -0.1) is 22.9 Å². The van der Waals surface area contributed by atoms with Gasteiger partial charge in [-0.1, -0.05) is 0 Å². The second-order valence-corrected chi connectivity index (χ2v) is 3.40. The van der Waals surface area contributed by atoms with Gasteiger partial charge in [-0.3, -0.25) is 9.59 Å². The predicted octanol–water partition coefficient (Wildman–Crippen LogP) is 1.52. The van der Waals surface area contributed by atoms with Crippen molar-refractivity contribution in [2.45, 2.75) is 6.92 Å². The molecule has 1 aromatic heterocycles. The molecule has 1 heterocycles. The largest absolute Gasteiger partial charge is 0.301 e. The minimum absolute atomic E-state index is 0.116. The highest BCUT2D eigenvalue weighted by molar-refractivity contribution is 7.14. The van der Waals surface area contributed by atoms with Gasteiger partial charge in [-0.05, 0) is 0 Å². The fourth-order valence-corrected chi connectivity index (χ4v) is 1.48. The van der Waals surface area contributed by atoms with Crippen LogP contribution in [0.15, 0.2) is 5.38 Å². The first-order valence-electron chi connectivity index (χ1n) is 3.45. The van der Waals surface area contributed by atoms with E-state index in [4.69, 9.17) is 11.6 Å². The highest BCUT2D eigenvalue weighted by Crippen LogP contribution is 2.15. The number of ketones is 1. The molecule has 0 bridgehead atoms. The van der Waals surface area contributed by atoms with Crippen LogP contribution in [0.25, 0.3) is 0 Å². The maximum absolute atomic E-state index is 10.8. The fraction of sp³-hybridized carbons (Fsp3) is 0.286. The zero-order valence-corrected chi connectivity index (χ0v) is 8.41. The van der Waals surface area contributed by atoms with Gasteiger partial charge in [0.05, 0.1) is 0 Å². The Hall–Kier alpha value is -0.940. The maximum atomic E-state index is 10.8. The molecule has 1 aromatic rings. The summed E-state index contributed by atoms with van der Waals surface area (Å²) < 4.78 is 0. The third-order valence-corrected chi connectivity index (χ3v) is 2.23. The molecule has 1 amide bonds. The summed E-state index contributed by atoms with van der Waals surface area (Å²) in [6, 6.07) is 0. The van der Waals surface area contributed by atoms with E-state index in [1.54, 1.807) is 5.38 Å². The van der Waals surface area contributed by atoms with Crippen molar-refractivity contribution in [1.82, 2.24) is 4.98 Å². The van der Waals surface area contributed by atoms with E-state index in [0.29, 0.717) is 10.8 Å². The van der Waals surface area contributed by atoms with Crippen molar-refractivity contribution in [3.63, 3.8) is 0 Å². The smallest absolute Gasteiger partial charge is 0.241 e. The van der Waals surface area contributed by atoms with E-state index in [9.17, 15) is 9.59 Å². The van der Waals surface area contributed by atoms with E-state index in [0.717, 1.165) is 0 Å². The molecule has 4 nitrogen and oxygen atoms in total. The number of hydrogen-bond acceptors (Lipinski definition) is 4. The van der Waals surface area contributed by atoms with Crippen LogP contribution in [-0.2, 0) is 4.79 Å². The first-order chi connectivity index (χ1) is 6.13. The van der Waals surface area contributed by atoms with Gasteiger partial charge in [-0.2, -0.15) is 0 Å². The summed E-state index contributed by atoms with van der Waals surface area (Å²) in [4.78, 5) is 25.5. The lowest BCUT2D eigenvalue weighted by Crippen LogP contribution is -2.12. The molecule has 0 aromatic carbocycles. The number of anilines is 1. The summed E-state index contributed by atoms with van der Waals surface area (Å²) in [6.07, 6.45) is 0. The maximum Gasteiger partial charge on any atom is 0.241 e. The zero-order chi connectivity index (χ0) is 9.84. The van der Waals surface area contributed by atoms with Crippen molar-refractivity contribution < 1.29 is 9.59 Å². The van der Waals surface area contributed by atoms with Crippen molar-refractivity contribution in [3.8, 4) is 0 Å². The Bertz CT molecular complexity index is 337. The van der Waals surface area contributed by atoms with E-state index in [1.165, 1.54) is 18.3 Å². The van der Waals surface area contributed by atoms with Gasteiger partial charge < -0.3 is 5.32 Å². The topological polar surface area (TPSA) is 59.1 Å². The second kappa shape index (κ2) is 4.34. The van der Waals surface area contributed by atoms with E-state index >= 15 is 0 Å². The Morgan fingerprint density at radius 1 is 1.69 bits per heavy atom. The number of rotatable bonds is 3. The summed E-state index contributed by atoms with van der Waals surface area (Å²) in [5.41, 5.74) is 0.356. The lowest BCUT2D eigenvalue weighted by atomic mass is 10.4. The normalized spacial score (nSPS) is 9.69. The third kappa shape index (κ3) is 2.78. The number of nitrogens with one attached hydrogen (secondary N) is 1. The average molecular weight is 219 g/mol. The molecule has 70 valence electrons. The summed E-state index contributed by atoms with van der Waals surface area (Å²) in [5, 5.41) is 4.44. The average Bonchev–Trinajstić information content (AvgIpc) is 2.52. The molecule has 0 saturated carbocycles. The number of alkyl halides is 1. The number of halogens is 1. The molecule has 0 unspecified atom stereocenters. The van der Waals surface area contributed by atoms with Crippen molar-refractivity contribution in [1.29, 1.82) is 0 Å². The van der Waals surface area contributed by atoms with Crippen LogP contribution in [0.3, 0.4) is 0 Å². The summed E-state index contributed by atoms with van der Waals surface area (Å²) in [5.74, 6) is -0.566. The first kappa shape index (κ1) is 10.1. The molecular formula is C7H7ClN2O2S. The third-order valence-electron chi connectivity index (χ3n) is 1.23. The summed E-state index contributed by atoms with van der Waals surface area (Å²) in [7, 11) is 0. The highest BCUT2D eigenvalue weighted by Gasteiger charge is 2.07. The zero-order valence-electron chi connectivity index (χ0n) is 6.83. The van der Waals surface area contributed by atoms with Crippen LogP contribution in [-0.4, -0.2) is 22.6 Å². The lowest BCUT2D eigenvalue weighted by Gasteiger charge is -1.94. The monoisotopic (exact) mass is 218 g/mol. The highest BCUT2D eigenvalue weighted by atomic mass is 35.5. The molecule has 0 aliphatic carbocycles. The fourth-order valence-electron chi connectivity index (χ4n) is 0.646. The Morgan fingerprint density at radius 3 is 2.85 bits per heavy atom. The number of hydrogen-bond donors (Lipinski definition) is 1. The van der Waals surface area contributed by atoms with Gasteiger partial charge in [0.25, 0.3) is 0 Å². The second-order valence-electron chi connectivity index (χ2n) is 2.28. The Morgan fingerprint density at radius 2 is 2.38 bits per heavy atom. The number of nitrogens with zero attached hydrogens (tertiary/aromatic N) is 1. The number of thiazole rings is 1. The van der Waals surface area contributed by atoms with Crippen LogP contribution >= 0.6 is 22.9 Å². The van der Waals surface area contributed by atoms with Crippen LogP contribution < -0.4 is 5.32 Å². The lowest BCUT2D eigenvalue weighted by molar-refractivity contribution is -0.113. The molecule has 0 fully saturated rings. The molecule has 6 heteroatoms. The van der Waals surface area contributed by atoms with Gasteiger partial charge in [-0.25, -0.2) is 4.98 Å². The molecule has 0 saturated heterocycles. The minimum atomic E-state index is -0.328. The van der Waals surface area contributed by atoms with Crippen molar-refractivity contribution in [2.24, 2.45) is 0 Å². The molecule has 1 rings (SSSR count). The molecular weight excluding hydrogens is 212 g/mol. The van der Waals surface area contributed by atoms with Gasteiger partial charge in [0, 0.05) is 12.3 Å². The molecule has 0 spiro atoms. The van der Waals surface area contributed by atoms with Crippen LogP contribution in [0.5, 0.6) is 0 Å². The first-order valence-corrected chi connectivity index (χ1v) is 4.87. The molecule has 1 N–H and O–H groups in total. The summed E-state index contributed by atoms with van der Waals surface area (Å²) >= 11 is 6.47. The molecule has 0 atom stereocenters. The Labute approximate surface area is 83.9 Å². The van der Waals surface area contributed by atoms with Gasteiger partial charge in [0.1, 0.15) is 11.6 Å². The standard InChI is InChI=1S/C7H7ClN2O2S/c1-4(11)5-3-13-7(9-5)10-6(12)2-8/h3H,2H2,1H3,(H,9,10,12). The van der Waals surface area contributed by atoms with Crippen LogP contribution in [0.2, 0.25) is 0 Å². The predicted molar refractivity (Wildman–Crippen MR) is 51.5 cm³/mol. The molecule has 13 heavy (non-hydrogen) atoms. The van der Waals surface area contributed by atoms with Gasteiger partial charge >= 0.3 is 0 Å². The SMILES string of the molecule is CC(=O)c1csc(NC(=O)CCl)n1. The minimum Gasteiger partial charge on any atom is -0.301 e. The number of amides is 1. The van der Waals surface area contributed by atoms with E-state index in [1.807, 2.05) is 0 Å². The number of carbonyl (C=O) groups is 2. The number of carbonyl (C=O) groups excluding carboxylic acids is 2. The van der Waals surface area contributed by atoms with E-state index in [2.05, 4.69) is 10.3 Å². The van der Waals surface area contributed by atoms with Crippen molar-refractivity contribution in [2.75, 3.05) is 11.2 Å². The van der Waals surface area contributed by atoms with Gasteiger partial charge in [0.15, 0.2) is 10.9 Å². The molecule has 0 aliphatic rings. The van der Waals surface area contributed by atoms with Crippen LogP contribution in [0, 0.1) is 0 Å². The van der Waals surface area contributed by atoms with Gasteiger partial charge in [0.2, 0.25) is 5.91 Å². The quantitative estimate of drug-likeness (QED) is 0.618. The van der Waals surface area contributed by atoms with E-state index < -0.39 is 0 Å². The van der Waals surface area contributed by atoms with Crippen LogP contribution in [0.4, 0.5) is 5.13 Å². The molecule has 0 radical (unpaired) electrons. The number of Topliss-reactive ketones (excluding diaryl/α,β-unsaturated/α-hetero) is 1. The number of aromatic nitrogens is 1.